The molecule has 3 aromatic rings. The van der Waals surface area contributed by atoms with Crippen LogP contribution in [0.15, 0.2) is 28.9 Å². The maximum Gasteiger partial charge on any atom is 0.320 e. The van der Waals surface area contributed by atoms with Crippen molar-refractivity contribution in [1.82, 2.24) is 19.7 Å². The van der Waals surface area contributed by atoms with E-state index in [-0.39, 0.29) is 31.2 Å². The summed E-state index contributed by atoms with van der Waals surface area (Å²) in [7, 11) is -3.19. The Hall–Kier alpha value is -2.00. The number of aromatic nitrogens is 4. The summed E-state index contributed by atoms with van der Waals surface area (Å²) in [6.45, 7) is 1.63. The average molecular weight is 456 g/mol. The highest BCUT2D eigenvalue weighted by Gasteiger charge is 2.16. The highest BCUT2D eigenvalue weighted by Crippen LogP contribution is 2.41. The number of aliphatic hydroxyl groups excluding tert-OH is 1. The summed E-state index contributed by atoms with van der Waals surface area (Å²) in [6.07, 6.45) is 1.66. The van der Waals surface area contributed by atoms with Crippen molar-refractivity contribution in [2.24, 2.45) is 0 Å². The van der Waals surface area contributed by atoms with Crippen LogP contribution < -0.4 is 10.5 Å². The Labute approximate surface area is 163 Å². The van der Waals surface area contributed by atoms with Crippen LogP contribution in [0.3, 0.4) is 0 Å². The zero-order chi connectivity index (χ0) is 19.6. The summed E-state index contributed by atoms with van der Waals surface area (Å²) < 4.78 is 19.4. The molecule has 9 nitrogen and oxygen atoms in total. The molecular weight excluding hydrogens is 437 g/mol. The minimum Gasteiger partial charge on any atom is -0.461 e. The SMILES string of the molecule is CP(=O)(O)Cc1cc(Cn2ncc3c(N)nc(OCCO)nc32)ccc1Br. The van der Waals surface area contributed by atoms with Crippen LogP contribution in [0.2, 0.25) is 0 Å². The van der Waals surface area contributed by atoms with E-state index in [2.05, 4.69) is 31.0 Å². The molecular formula is C16H19BrN5O4P. The number of rotatable bonds is 7. The lowest BCUT2D eigenvalue weighted by Gasteiger charge is -2.11. The zero-order valence-corrected chi connectivity index (χ0v) is 17.0. The van der Waals surface area contributed by atoms with Gasteiger partial charge in [0.15, 0.2) is 5.65 Å². The fourth-order valence-electron chi connectivity index (χ4n) is 2.61. The monoisotopic (exact) mass is 455 g/mol. The summed E-state index contributed by atoms with van der Waals surface area (Å²) in [5.41, 5.74) is 8.08. The molecule has 0 aliphatic rings. The number of aliphatic hydroxyl groups is 1. The Morgan fingerprint density at radius 3 is 2.85 bits per heavy atom. The van der Waals surface area contributed by atoms with Gasteiger partial charge in [-0.1, -0.05) is 28.1 Å². The first kappa shape index (κ1) is 19.8. The van der Waals surface area contributed by atoms with Gasteiger partial charge >= 0.3 is 6.01 Å². The van der Waals surface area contributed by atoms with Crippen molar-refractivity contribution in [2.75, 3.05) is 25.6 Å². The van der Waals surface area contributed by atoms with E-state index in [9.17, 15) is 9.46 Å². The van der Waals surface area contributed by atoms with E-state index in [1.54, 1.807) is 10.9 Å². The molecule has 1 unspecified atom stereocenters. The molecule has 27 heavy (non-hydrogen) atoms. The quantitative estimate of drug-likeness (QED) is 0.460. The predicted molar refractivity (Wildman–Crippen MR) is 105 cm³/mol. The Kier molecular flexibility index (Phi) is 5.81. The molecule has 0 aliphatic carbocycles. The molecule has 0 bridgehead atoms. The smallest absolute Gasteiger partial charge is 0.320 e. The van der Waals surface area contributed by atoms with Crippen LogP contribution in [0.4, 0.5) is 5.82 Å². The molecule has 11 heteroatoms. The molecule has 0 aliphatic heterocycles. The molecule has 1 aromatic carbocycles. The lowest BCUT2D eigenvalue weighted by molar-refractivity contribution is 0.192. The fraction of sp³-hybridized carbons (Fsp3) is 0.312. The second kappa shape index (κ2) is 7.93. The van der Waals surface area contributed by atoms with E-state index in [4.69, 9.17) is 15.6 Å². The van der Waals surface area contributed by atoms with Gasteiger partial charge in [0, 0.05) is 11.1 Å². The first-order valence-electron chi connectivity index (χ1n) is 8.06. The maximum absolute atomic E-state index is 11.8. The molecule has 144 valence electrons. The fourth-order valence-corrected chi connectivity index (χ4v) is 4.11. The summed E-state index contributed by atoms with van der Waals surface area (Å²) in [5.74, 6) is 0.239. The van der Waals surface area contributed by atoms with Gasteiger partial charge in [-0.25, -0.2) is 4.68 Å². The van der Waals surface area contributed by atoms with Gasteiger partial charge < -0.3 is 20.5 Å². The summed E-state index contributed by atoms with van der Waals surface area (Å²) in [6, 6.07) is 5.66. The standard InChI is InChI=1S/C16H19BrN5O4P/c1-27(24,25)9-11-6-10(2-3-13(11)17)8-22-15-12(7-19-22)14(18)20-16(21-15)26-5-4-23/h2-3,6-7,23H,4-5,8-9H2,1H3,(H,24,25)(H2,18,20,21). The van der Waals surface area contributed by atoms with Crippen LogP contribution in [-0.4, -0.2) is 49.6 Å². The van der Waals surface area contributed by atoms with E-state index in [0.29, 0.717) is 17.6 Å². The normalized spacial score (nSPS) is 13.6. The van der Waals surface area contributed by atoms with Gasteiger partial charge in [0.1, 0.15) is 12.4 Å². The lowest BCUT2D eigenvalue weighted by atomic mass is 10.1. The van der Waals surface area contributed by atoms with Crippen LogP contribution in [0, 0.1) is 0 Å². The number of ether oxygens (including phenoxy) is 1. The van der Waals surface area contributed by atoms with E-state index in [0.717, 1.165) is 15.6 Å². The van der Waals surface area contributed by atoms with Crippen molar-refractivity contribution < 1.29 is 19.3 Å². The van der Waals surface area contributed by atoms with Crippen LogP contribution >= 0.6 is 23.3 Å². The number of fused-ring (bicyclic) bond motifs is 1. The van der Waals surface area contributed by atoms with Crippen LogP contribution in [0.1, 0.15) is 11.1 Å². The van der Waals surface area contributed by atoms with Gasteiger partial charge in [-0.15, -0.1) is 0 Å². The molecule has 0 fully saturated rings. The minimum absolute atomic E-state index is 0.0629. The minimum atomic E-state index is -3.19. The Morgan fingerprint density at radius 1 is 1.37 bits per heavy atom. The number of nitrogens with two attached hydrogens (primary N) is 1. The molecule has 0 radical (unpaired) electrons. The number of anilines is 1. The Bertz CT molecular complexity index is 1020. The number of nitrogens with zero attached hydrogens (tertiary/aromatic N) is 4. The van der Waals surface area contributed by atoms with Crippen molar-refractivity contribution in [2.45, 2.75) is 12.7 Å². The van der Waals surface area contributed by atoms with Gasteiger partial charge in [-0.3, -0.25) is 4.57 Å². The lowest BCUT2D eigenvalue weighted by Crippen LogP contribution is -2.08. The van der Waals surface area contributed by atoms with Crippen molar-refractivity contribution in [3.8, 4) is 6.01 Å². The largest absolute Gasteiger partial charge is 0.461 e. The van der Waals surface area contributed by atoms with Crippen molar-refractivity contribution in [1.29, 1.82) is 0 Å². The van der Waals surface area contributed by atoms with Gasteiger partial charge in [0.2, 0.25) is 7.37 Å². The molecule has 0 spiro atoms. The van der Waals surface area contributed by atoms with Gasteiger partial charge in [0.05, 0.1) is 30.9 Å². The molecule has 0 saturated carbocycles. The van der Waals surface area contributed by atoms with Gasteiger partial charge in [-0.2, -0.15) is 15.1 Å². The topological polar surface area (TPSA) is 136 Å². The van der Waals surface area contributed by atoms with E-state index >= 15 is 0 Å². The third-order valence-electron chi connectivity index (χ3n) is 3.73. The Morgan fingerprint density at radius 2 is 2.15 bits per heavy atom. The van der Waals surface area contributed by atoms with Gasteiger partial charge in [0.25, 0.3) is 0 Å². The van der Waals surface area contributed by atoms with Crippen LogP contribution in [0.25, 0.3) is 11.0 Å². The number of halogens is 1. The summed E-state index contributed by atoms with van der Waals surface area (Å²) >= 11 is 3.42. The zero-order valence-electron chi connectivity index (χ0n) is 14.5. The number of nitrogen functional groups attached to an aromatic ring is 1. The second-order valence-electron chi connectivity index (χ2n) is 6.14. The first-order chi connectivity index (χ1) is 12.8. The maximum atomic E-state index is 11.8. The van der Waals surface area contributed by atoms with Crippen molar-refractivity contribution in [3.63, 3.8) is 0 Å². The number of hydrogen-bond acceptors (Lipinski definition) is 7. The molecule has 2 heterocycles. The predicted octanol–water partition coefficient (Wildman–Crippen LogP) is 1.99. The van der Waals surface area contributed by atoms with Crippen molar-refractivity contribution in [3.05, 3.63) is 40.0 Å². The first-order valence-corrected chi connectivity index (χ1v) is 11.1. The third-order valence-corrected chi connectivity index (χ3v) is 5.43. The molecule has 2 aromatic heterocycles. The molecule has 1 atom stereocenters. The summed E-state index contributed by atoms with van der Waals surface area (Å²) in [4.78, 5) is 18.0. The highest BCUT2D eigenvalue weighted by molar-refractivity contribution is 9.10. The molecule has 0 saturated heterocycles. The van der Waals surface area contributed by atoms with Crippen LogP contribution in [0.5, 0.6) is 6.01 Å². The average Bonchev–Trinajstić information content (AvgIpc) is 2.98. The highest BCUT2D eigenvalue weighted by atomic mass is 79.9. The molecule has 4 N–H and O–H groups in total. The number of hydrogen-bond donors (Lipinski definition) is 3. The number of benzene rings is 1. The van der Waals surface area contributed by atoms with E-state index in [1.807, 2.05) is 18.2 Å². The molecule has 0 amide bonds. The summed E-state index contributed by atoms with van der Waals surface area (Å²) in [5, 5.41) is 13.8. The van der Waals surface area contributed by atoms with Crippen LogP contribution in [-0.2, 0) is 17.3 Å². The third kappa shape index (κ3) is 4.84. The Balaban J connectivity index is 1.93. The van der Waals surface area contributed by atoms with E-state index < -0.39 is 7.37 Å². The van der Waals surface area contributed by atoms with Crippen molar-refractivity contribution >= 4 is 40.2 Å². The van der Waals surface area contributed by atoms with E-state index in [1.165, 1.54) is 6.66 Å². The molecule has 3 rings (SSSR count). The second-order valence-corrected chi connectivity index (χ2v) is 9.41. The van der Waals surface area contributed by atoms with Gasteiger partial charge in [-0.05, 0) is 17.2 Å².